The average molecular weight is 235 g/mol. The fraction of sp³-hybridized carbons (Fsp3) is 0.462. The van der Waals surface area contributed by atoms with Gasteiger partial charge in [-0.2, -0.15) is 0 Å². The van der Waals surface area contributed by atoms with Gasteiger partial charge in [0.05, 0.1) is 11.3 Å². The number of anilines is 1. The van der Waals surface area contributed by atoms with Crippen LogP contribution in [0.3, 0.4) is 0 Å². The molecular formula is C13H21N3O. The Morgan fingerprint density at radius 2 is 1.88 bits per heavy atom. The lowest BCUT2D eigenvalue weighted by Crippen LogP contribution is -2.45. The van der Waals surface area contributed by atoms with Crippen LogP contribution in [-0.4, -0.2) is 11.4 Å². The summed E-state index contributed by atoms with van der Waals surface area (Å²) in [6, 6.07) is 7.20. The van der Waals surface area contributed by atoms with Gasteiger partial charge < -0.3 is 10.7 Å². The van der Waals surface area contributed by atoms with Gasteiger partial charge in [0.2, 0.25) is 0 Å². The fourth-order valence-corrected chi connectivity index (χ4v) is 1.58. The molecule has 0 aliphatic rings. The van der Waals surface area contributed by atoms with Gasteiger partial charge in [-0.1, -0.05) is 26.0 Å². The number of rotatable bonds is 5. The van der Waals surface area contributed by atoms with Crippen molar-refractivity contribution in [2.75, 3.05) is 5.43 Å². The van der Waals surface area contributed by atoms with Gasteiger partial charge in [0.25, 0.3) is 5.91 Å². The average Bonchev–Trinajstić information content (AvgIpc) is 2.38. The third-order valence-corrected chi connectivity index (χ3v) is 3.30. The molecule has 1 rings (SSSR count). The molecule has 1 aromatic carbocycles. The van der Waals surface area contributed by atoms with Crippen LogP contribution < -0.4 is 16.6 Å². The van der Waals surface area contributed by atoms with E-state index in [1.54, 1.807) is 12.1 Å². The smallest absolute Gasteiger partial charge is 0.253 e. The molecule has 0 atom stereocenters. The van der Waals surface area contributed by atoms with Crippen LogP contribution in [0.2, 0.25) is 0 Å². The zero-order valence-electron chi connectivity index (χ0n) is 10.7. The van der Waals surface area contributed by atoms with Gasteiger partial charge in [-0.05, 0) is 31.9 Å². The third kappa shape index (κ3) is 3.20. The molecule has 0 radical (unpaired) electrons. The first kappa shape index (κ1) is 13.5. The van der Waals surface area contributed by atoms with Crippen molar-refractivity contribution in [2.45, 2.75) is 39.2 Å². The maximum absolute atomic E-state index is 12.2. The van der Waals surface area contributed by atoms with Gasteiger partial charge in [0.15, 0.2) is 0 Å². The molecule has 4 nitrogen and oxygen atoms in total. The van der Waals surface area contributed by atoms with Gasteiger partial charge in [-0.15, -0.1) is 0 Å². The van der Waals surface area contributed by atoms with Crippen molar-refractivity contribution in [3.05, 3.63) is 29.8 Å². The number of nitrogens with two attached hydrogens (primary N) is 1. The van der Waals surface area contributed by atoms with E-state index >= 15 is 0 Å². The second-order valence-corrected chi connectivity index (χ2v) is 4.41. The lowest BCUT2D eigenvalue weighted by molar-refractivity contribution is 0.0902. The Labute approximate surface area is 103 Å². The highest BCUT2D eigenvalue weighted by Crippen LogP contribution is 2.18. The van der Waals surface area contributed by atoms with Crippen molar-refractivity contribution in [2.24, 2.45) is 5.84 Å². The zero-order chi connectivity index (χ0) is 12.9. The first-order valence-corrected chi connectivity index (χ1v) is 5.94. The van der Waals surface area contributed by atoms with Gasteiger partial charge in [0.1, 0.15) is 0 Å². The van der Waals surface area contributed by atoms with E-state index < -0.39 is 0 Å². The number of nitrogen functional groups attached to an aromatic ring is 1. The fourth-order valence-electron chi connectivity index (χ4n) is 1.58. The molecule has 0 saturated carbocycles. The van der Waals surface area contributed by atoms with Gasteiger partial charge in [-0.3, -0.25) is 10.6 Å². The zero-order valence-corrected chi connectivity index (χ0v) is 10.7. The molecule has 0 aromatic heterocycles. The number of hydrazine groups is 1. The molecule has 0 aliphatic carbocycles. The van der Waals surface area contributed by atoms with Crippen LogP contribution in [0.15, 0.2) is 24.3 Å². The number of hydrogen-bond acceptors (Lipinski definition) is 3. The topological polar surface area (TPSA) is 67.2 Å². The number of carbonyl (C=O) groups excluding carboxylic acids is 1. The Kier molecular flexibility index (Phi) is 4.52. The standard InChI is InChI=1S/C13H21N3O/c1-4-13(3,5-2)15-12(17)10-8-6-7-9-11(10)16-14/h6-9,16H,4-5,14H2,1-3H3,(H,15,17). The summed E-state index contributed by atoms with van der Waals surface area (Å²) in [5.74, 6) is 5.29. The Bertz CT molecular complexity index is 386. The second-order valence-electron chi connectivity index (χ2n) is 4.41. The minimum atomic E-state index is -0.168. The van der Waals surface area contributed by atoms with E-state index in [9.17, 15) is 4.79 Å². The van der Waals surface area contributed by atoms with Crippen molar-refractivity contribution in [1.82, 2.24) is 5.32 Å². The molecule has 1 amide bonds. The van der Waals surface area contributed by atoms with Crippen molar-refractivity contribution < 1.29 is 4.79 Å². The molecule has 0 unspecified atom stereocenters. The molecule has 1 aromatic rings. The minimum Gasteiger partial charge on any atom is -0.347 e. The van der Waals surface area contributed by atoms with Crippen LogP contribution in [0.25, 0.3) is 0 Å². The van der Waals surface area contributed by atoms with Gasteiger partial charge in [-0.25, -0.2) is 0 Å². The second kappa shape index (κ2) is 5.68. The maximum atomic E-state index is 12.2. The molecule has 0 bridgehead atoms. The third-order valence-electron chi connectivity index (χ3n) is 3.30. The molecule has 0 saturated heterocycles. The normalized spacial score (nSPS) is 11.1. The van der Waals surface area contributed by atoms with Crippen LogP contribution in [0.4, 0.5) is 5.69 Å². The van der Waals surface area contributed by atoms with Crippen LogP contribution in [0, 0.1) is 0 Å². The predicted octanol–water partition coefficient (Wildman–Crippen LogP) is 2.28. The Morgan fingerprint density at radius 3 is 2.41 bits per heavy atom. The summed E-state index contributed by atoms with van der Waals surface area (Å²) in [6.07, 6.45) is 1.79. The van der Waals surface area contributed by atoms with Crippen LogP contribution in [0.1, 0.15) is 44.0 Å². The van der Waals surface area contributed by atoms with E-state index in [1.165, 1.54) is 0 Å². The SMILES string of the molecule is CCC(C)(CC)NC(=O)c1ccccc1NN. The van der Waals surface area contributed by atoms with Gasteiger partial charge in [0, 0.05) is 5.54 Å². The Morgan fingerprint density at radius 1 is 1.29 bits per heavy atom. The van der Waals surface area contributed by atoms with E-state index in [1.807, 2.05) is 19.1 Å². The van der Waals surface area contributed by atoms with Gasteiger partial charge >= 0.3 is 0 Å². The highest BCUT2D eigenvalue weighted by atomic mass is 16.1. The molecule has 0 aliphatic heterocycles. The van der Waals surface area contributed by atoms with Crippen molar-refractivity contribution in [3.8, 4) is 0 Å². The molecule has 17 heavy (non-hydrogen) atoms. The highest BCUT2D eigenvalue weighted by Gasteiger charge is 2.23. The first-order chi connectivity index (χ1) is 8.06. The Hall–Kier alpha value is -1.55. The van der Waals surface area contributed by atoms with E-state index in [4.69, 9.17) is 5.84 Å². The summed E-state index contributed by atoms with van der Waals surface area (Å²) in [5, 5.41) is 3.05. The van der Waals surface area contributed by atoms with E-state index in [0.29, 0.717) is 11.3 Å². The summed E-state index contributed by atoms with van der Waals surface area (Å²) in [5.41, 5.74) is 3.58. The summed E-state index contributed by atoms with van der Waals surface area (Å²) < 4.78 is 0. The lowest BCUT2D eigenvalue weighted by Gasteiger charge is -2.28. The van der Waals surface area contributed by atoms with Crippen molar-refractivity contribution >= 4 is 11.6 Å². The maximum Gasteiger partial charge on any atom is 0.253 e. The largest absolute Gasteiger partial charge is 0.347 e. The Balaban J connectivity index is 2.90. The van der Waals surface area contributed by atoms with E-state index in [2.05, 4.69) is 24.6 Å². The molecule has 4 heteroatoms. The van der Waals surface area contributed by atoms with Crippen molar-refractivity contribution in [3.63, 3.8) is 0 Å². The van der Waals surface area contributed by atoms with Crippen LogP contribution in [-0.2, 0) is 0 Å². The summed E-state index contributed by atoms with van der Waals surface area (Å²) in [6.45, 7) is 6.18. The number of benzene rings is 1. The number of para-hydroxylation sites is 1. The van der Waals surface area contributed by atoms with Crippen LogP contribution in [0.5, 0.6) is 0 Å². The molecule has 94 valence electrons. The van der Waals surface area contributed by atoms with Crippen LogP contribution >= 0.6 is 0 Å². The van der Waals surface area contributed by atoms with E-state index in [0.717, 1.165) is 12.8 Å². The highest BCUT2D eigenvalue weighted by molar-refractivity contribution is 5.99. The quantitative estimate of drug-likeness (QED) is 0.542. The number of amides is 1. The number of carbonyl (C=O) groups is 1. The molecular weight excluding hydrogens is 214 g/mol. The predicted molar refractivity (Wildman–Crippen MR) is 70.7 cm³/mol. The summed E-state index contributed by atoms with van der Waals surface area (Å²) in [7, 11) is 0. The lowest BCUT2D eigenvalue weighted by atomic mass is 9.95. The number of nitrogens with one attached hydrogen (secondary N) is 2. The number of hydrogen-bond donors (Lipinski definition) is 3. The molecule has 0 heterocycles. The monoisotopic (exact) mass is 235 g/mol. The molecule has 0 spiro atoms. The first-order valence-electron chi connectivity index (χ1n) is 5.94. The summed E-state index contributed by atoms with van der Waals surface area (Å²) in [4.78, 5) is 12.2. The minimum absolute atomic E-state index is 0.0928. The molecule has 0 fully saturated rings. The summed E-state index contributed by atoms with van der Waals surface area (Å²) >= 11 is 0. The van der Waals surface area contributed by atoms with Crippen molar-refractivity contribution in [1.29, 1.82) is 0 Å². The van der Waals surface area contributed by atoms with E-state index in [-0.39, 0.29) is 11.4 Å². The molecule has 4 N–H and O–H groups in total.